The molecule has 3 rings (SSSR count). The Morgan fingerprint density at radius 3 is 2.71 bits per heavy atom. The van der Waals surface area contributed by atoms with Crippen molar-refractivity contribution in [1.29, 1.82) is 0 Å². The third kappa shape index (κ3) is 6.07. The maximum atomic E-state index is 10.1. The summed E-state index contributed by atoms with van der Waals surface area (Å²) < 4.78 is 0. The largest absolute Gasteiger partial charge is 0.393 e. The zero-order valence-corrected chi connectivity index (χ0v) is 20.9. The first kappa shape index (κ1) is 25.1. The van der Waals surface area contributed by atoms with Crippen molar-refractivity contribution in [2.75, 3.05) is 11.5 Å². The van der Waals surface area contributed by atoms with E-state index in [1.807, 2.05) is 25.6 Å². The molecule has 31 heavy (non-hydrogen) atoms. The minimum Gasteiger partial charge on any atom is -0.393 e. The van der Waals surface area contributed by atoms with Crippen LogP contribution in [0.1, 0.15) is 79.1 Å². The fourth-order valence-electron chi connectivity index (χ4n) is 6.39. The minimum atomic E-state index is -0.615. The lowest BCUT2D eigenvalue weighted by atomic mass is 9.61. The van der Waals surface area contributed by atoms with Crippen LogP contribution in [-0.2, 0) is 0 Å². The standard InChI is InChI=1S/C27H44O3S/c1-18(17-31-14-13-26(3,4)30)23-10-11-24-20(7-6-12-27(23,24)5)8-9-21-15-22(28)16-25(29)19(21)2/h8-9,18,22-25,28-30H,2,6-7,10-17H2,1,3-5H3/b20-8+,21-9-/t18-,22+,23?,24?,25-,27+/m0/s1. The molecule has 0 aromatic rings. The zero-order chi connectivity index (χ0) is 22.8. The Kier molecular flexibility index (Phi) is 8.22. The molecule has 3 saturated carbocycles. The van der Waals surface area contributed by atoms with Gasteiger partial charge in [0, 0.05) is 6.42 Å². The molecule has 3 N–H and O–H groups in total. The van der Waals surface area contributed by atoms with E-state index >= 15 is 0 Å². The predicted molar refractivity (Wildman–Crippen MR) is 132 cm³/mol. The van der Waals surface area contributed by atoms with E-state index in [9.17, 15) is 15.3 Å². The average Bonchev–Trinajstić information content (AvgIpc) is 3.03. The number of aliphatic hydroxyl groups is 3. The van der Waals surface area contributed by atoms with Crippen molar-refractivity contribution in [3.8, 4) is 0 Å². The van der Waals surface area contributed by atoms with Crippen LogP contribution >= 0.6 is 11.8 Å². The summed E-state index contributed by atoms with van der Waals surface area (Å²) in [5.41, 5.74) is 3.17. The lowest BCUT2D eigenvalue weighted by Crippen LogP contribution is -2.36. The fraction of sp³-hybridized carbons (Fsp3) is 0.778. The van der Waals surface area contributed by atoms with Gasteiger partial charge in [-0.1, -0.05) is 38.2 Å². The van der Waals surface area contributed by atoms with Gasteiger partial charge in [0.15, 0.2) is 0 Å². The van der Waals surface area contributed by atoms with Crippen molar-refractivity contribution >= 4 is 11.8 Å². The Bertz CT molecular complexity index is 704. The molecule has 0 heterocycles. The van der Waals surface area contributed by atoms with Crippen LogP contribution in [0.2, 0.25) is 0 Å². The van der Waals surface area contributed by atoms with Gasteiger partial charge >= 0.3 is 0 Å². The zero-order valence-electron chi connectivity index (χ0n) is 20.1. The van der Waals surface area contributed by atoms with Crippen LogP contribution in [0.5, 0.6) is 0 Å². The molecule has 0 bridgehead atoms. The number of hydrogen-bond donors (Lipinski definition) is 3. The number of thioether (sulfide) groups is 1. The summed E-state index contributed by atoms with van der Waals surface area (Å²) in [6, 6.07) is 0. The summed E-state index contributed by atoms with van der Waals surface area (Å²) in [4.78, 5) is 0. The van der Waals surface area contributed by atoms with Crippen LogP contribution in [-0.4, -0.2) is 44.6 Å². The molecule has 3 aliphatic rings. The second-order valence-corrected chi connectivity index (χ2v) is 12.4. The van der Waals surface area contributed by atoms with Gasteiger partial charge in [-0.05, 0) is 105 Å². The molecule has 2 unspecified atom stereocenters. The highest BCUT2D eigenvalue weighted by molar-refractivity contribution is 7.99. The Hall–Kier alpha value is -0.550. The summed E-state index contributed by atoms with van der Waals surface area (Å²) >= 11 is 2.00. The number of hydrogen-bond acceptors (Lipinski definition) is 4. The van der Waals surface area contributed by atoms with Crippen LogP contribution < -0.4 is 0 Å². The van der Waals surface area contributed by atoms with Gasteiger partial charge in [-0.15, -0.1) is 0 Å². The SMILES string of the molecule is C=C1/C(=C\C=C2/CCC[C@@]3(C)C2CCC3[C@@H](C)CSCCC(C)(C)O)C[C@@H](O)C[C@@H]1O. The molecule has 3 nitrogen and oxygen atoms in total. The van der Waals surface area contributed by atoms with Gasteiger partial charge in [-0.3, -0.25) is 0 Å². The first-order valence-corrected chi connectivity index (χ1v) is 13.4. The van der Waals surface area contributed by atoms with E-state index in [0.717, 1.165) is 29.2 Å². The van der Waals surface area contributed by atoms with E-state index in [2.05, 4.69) is 32.6 Å². The molecule has 0 saturated heterocycles. The first-order chi connectivity index (χ1) is 14.5. The third-order valence-electron chi connectivity index (χ3n) is 8.23. The highest BCUT2D eigenvalue weighted by Crippen LogP contribution is 2.59. The predicted octanol–water partition coefficient (Wildman–Crippen LogP) is 5.66. The normalized spacial score (nSPS) is 38.0. The quantitative estimate of drug-likeness (QED) is 0.440. The van der Waals surface area contributed by atoms with Crippen molar-refractivity contribution in [3.63, 3.8) is 0 Å². The summed E-state index contributed by atoms with van der Waals surface area (Å²) in [6.07, 6.45) is 11.5. The van der Waals surface area contributed by atoms with Crippen LogP contribution in [0.4, 0.5) is 0 Å². The summed E-state index contributed by atoms with van der Waals surface area (Å²) in [5.74, 6) is 4.32. The molecule has 3 fully saturated rings. The lowest BCUT2D eigenvalue weighted by Gasteiger charge is -2.44. The Morgan fingerprint density at radius 2 is 2.00 bits per heavy atom. The minimum absolute atomic E-state index is 0.376. The Morgan fingerprint density at radius 1 is 1.26 bits per heavy atom. The van der Waals surface area contributed by atoms with Crippen LogP contribution in [0, 0.1) is 23.2 Å². The highest BCUT2D eigenvalue weighted by Gasteiger charge is 2.50. The maximum Gasteiger partial charge on any atom is 0.0811 e. The van der Waals surface area contributed by atoms with Crippen LogP contribution in [0.3, 0.4) is 0 Å². The van der Waals surface area contributed by atoms with E-state index in [-0.39, 0.29) is 0 Å². The van der Waals surface area contributed by atoms with Crippen LogP contribution in [0.25, 0.3) is 0 Å². The first-order valence-electron chi connectivity index (χ1n) is 12.3. The molecule has 0 spiro atoms. The molecular formula is C27H44O3S. The van der Waals surface area contributed by atoms with Crippen molar-refractivity contribution in [3.05, 3.63) is 35.5 Å². The van der Waals surface area contributed by atoms with E-state index < -0.39 is 17.8 Å². The smallest absolute Gasteiger partial charge is 0.0811 e. The highest BCUT2D eigenvalue weighted by atomic mass is 32.2. The number of aliphatic hydroxyl groups excluding tert-OH is 2. The van der Waals surface area contributed by atoms with Crippen molar-refractivity contribution in [2.24, 2.45) is 23.2 Å². The topological polar surface area (TPSA) is 60.7 Å². The fourth-order valence-corrected chi connectivity index (χ4v) is 7.80. The third-order valence-corrected chi connectivity index (χ3v) is 9.48. The van der Waals surface area contributed by atoms with Crippen molar-refractivity contribution in [2.45, 2.75) is 96.9 Å². The summed E-state index contributed by atoms with van der Waals surface area (Å²) in [7, 11) is 0. The monoisotopic (exact) mass is 448 g/mol. The number of allylic oxidation sites excluding steroid dienone is 3. The second kappa shape index (κ2) is 10.2. The van der Waals surface area contributed by atoms with E-state index in [1.54, 1.807) is 5.57 Å². The Labute approximate surface area is 194 Å². The van der Waals surface area contributed by atoms with Gasteiger partial charge in [0.2, 0.25) is 0 Å². The average molecular weight is 449 g/mol. The molecule has 3 aliphatic carbocycles. The van der Waals surface area contributed by atoms with Crippen molar-refractivity contribution < 1.29 is 15.3 Å². The van der Waals surface area contributed by atoms with Gasteiger partial charge in [-0.2, -0.15) is 11.8 Å². The Balaban J connectivity index is 1.66. The maximum absolute atomic E-state index is 10.1. The molecular weight excluding hydrogens is 404 g/mol. The van der Waals surface area contributed by atoms with Crippen LogP contribution in [0.15, 0.2) is 35.5 Å². The molecule has 176 valence electrons. The lowest BCUT2D eigenvalue weighted by molar-refractivity contribution is 0.0776. The second-order valence-electron chi connectivity index (χ2n) is 11.3. The van der Waals surface area contributed by atoms with Crippen molar-refractivity contribution in [1.82, 2.24) is 0 Å². The molecule has 0 aliphatic heterocycles. The number of rotatable bonds is 7. The van der Waals surface area contributed by atoms with Gasteiger partial charge in [0.05, 0.1) is 17.8 Å². The van der Waals surface area contributed by atoms with Gasteiger partial charge in [0.25, 0.3) is 0 Å². The molecule has 0 amide bonds. The van der Waals surface area contributed by atoms with Gasteiger partial charge in [-0.25, -0.2) is 0 Å². The van der Waals surface area contributed by atoms with Gasteiger partial charge < -0.3 is 15.3 Å². The molecule has 0 aromatic carbocycles. The van der Waals surface area contributed by atoms with E-state index in [4.69, 9.17) is 0 Å². The van der Waals surface area contributed by atoms with Gasteiger partial charge in [0.1, 0.15) is 0 Å². The summed E-state index contributed by atoms with van der Waals surface area (Å²) in [6.45, 7) is 12.8. The molecule has 4 heteroatoms. The molecule has 0 radical (unpaired) electrons. The van der Waals surface area contributed by atoms with E-state index in [1.165, 1.54) is 37.9 Å². The summed E-state index contributed by atoms with van der Waals surface area (Å²) in [5, 5.41) is 30.1. The van der Waals surface area contributed by atoms with E-state index in [0.29, 0.717) is 30.1 Å². The molecule has 0 aromatic heterocycles. The molecule has 6 atom stereocenters. The number of fused-ring (bicyclic) bond motifs is 1.